The molecule has 0 aliphatic rings. The average molecular weight is 1640 g/mol. The molecule has 0 N–H and O–H groups in total. The zero-order valence-electron chi connectivity index (χ0n) is 70.4. The molecule has 6 heteroatoms. The molecule has 129 heavy (non-hydrogen) atoms. The normalized spacial score (nSPS) is 11.6. The number of rotatable bonds is 17. The van der Waals surface area contributed by atoms with E-state index in [9.17, 15) is 0 Å². The molecule has 602 valence electrons. The molecule has 0 amide bonds. The van der Waals surface area contributed by atoms with Gasteiger partial charge in [-0.05, 0) is 231 Å². The number of aromatic nitrogens is 6. The van der Waals surface area contributed by atoms with Gasteiger partial charge in [-0.2, -0.15) is 9.97 Å². The molecule has 20 aromatic carbocycles. The molecular formula is C123H80N6. The van der Waals surface area contributed by atoms with Crippen molar-refractivity contribution in [3.63, 3.8) is 0 Å². The molecule has 24 aromatic rings. The first-order valence-corrected chi connectivity index (χ1v) is 44.1. The number of para-hydroxylation sites is 2. The third-order valence-corrected chi connectivity index (χ3v) is 25.8. The van der Waals surface area contributed by atoms with Crippen LogP contribution < -0.4 is 0 Å². The van der Waals surface area contributed by atoms with Crippen LogP contribution in [-0.4, -0.2) is 28.7 Å². The van der Waals surface area contributed by atoms with E-state index in [1.54, 1.807) is 0 Å². The van der Waals surface area contributed by atoms with Crippen LogP contribution in [0.2, 0.25) is 0 Å². The Labute approximate surface area is 747 Å². The molecule has 4 aromatic heterocycles. The van der Waals surface area contributed by atoms with Crippen LogP contribution in [0.4, 0.5) is 0 Å². The molecule has 0 spiro atoms. The van der Waals surface area contributed by atoms with Crippen molar-refractivity contribution in [1.82, 2.24) is 28.7 Å². The fourth-order valence-corrected chi connectivity index (χ4v) is 19.9. The van der Waals surface area contributed by atoms with Crippen molar-refractivity contribution >= 4 is 65.4 Å². The lowest BCUT2D eigenvalue weighted by Gasteiger charge is -2.17. The van der Waals surface area contributed by atoms with Crippen LogP contribution in [0.3, 0.4) is 0 Å². The number of fused-ring (bicyclic) bond motifs is 9. The highest BCUT2D eigenvalue weighted by atomic mass is 15.2. The summed E-state index contributed by atoms with van der Waals surface area (Å²) in [5.74, 6) is 1.46. The molecule has 24 rings (SSSR count). The van der Waals surface area contributed by atoms with E-state index in [-0.39, 0.29) is 0 Å². The standard InChI is InChI=1S/C123H80N6/c1-7-35-81(36-8-1)93-47-19-25-53-99(93)87-63-69-115-107(75-87)108-76-88(100-54-26-20-48-94(100)82-37-9-2-10-38-82)64-70-116(108)127(115)113-61-33-31-59-105(113)121-124-122(126-123(125-121)129-119-73-67-91(103-57-29-23-51-97(103)85-43-15-5-16-44-85)79-111(119)112-80-92(68-74-120(112)129)104-58-30-24-52-98(104)86-45-17-6-18-46-86)106-60-32-34-62-114(106)128-117-71-65-89(101-55-27-21-49-95(101)83-39-11-3-12-40-83)77-109(117)110-78-90(66-72-118(110)128)102-56-28-22-50-96(102)84-41-13-4-14-42-84/h1-80H. The Bertz CT molecular complexity index is 7690. The molecule has 4 heterocycles. The highest BCUT2D eigenvalue weighted by Crippen LogP contribution is 2.48. The third kappa shape index (κ3) is 13.4. The lowest BCUT2D eigenvalue weighted by atomic mass is 9.92. The second kappa shape index (κ2) is 32.2. The fourth-order valence-electron chi connectivity index (χ4n) is 19.9. The lowest BCUT2D eigenvalue weighted by molar-refractivity contribution is 0.950. The van der Waals surface area contributed by atoms with Crippen molar-refractivity contribution in [2.45, 2.75) is 0 Å². The Morgan fingerprint density at radius 1 is 0.124 bits per heavy atom. The van der Waals surface area contributed by atoms with Gasteiger partial charge in [0, 0.05) is 43.4 Å². The largest absolute Gasteiger partial charge is 0.309 e. The predicted octanol–water partition coefficient (Wildman–Crippen LogP) is 32.5. The number of hydrogen-bond acceptors (Lipinski definition) is 3. The third-order valence-electron chi connectivity index (χ3n) is 25.8. The van der Waals surface area contributed by atoms with Crippen molar-refractivity contribution in [3.8, 4) is 174 Å². The van der Waals surface area contributed by atoms with Crippen molar-refractivity contribution in [3.05, 3.63) is 485 Å². The van der Waals surface area contributed by atoms with Crippen LogP contribution in [0.5, 0.6) is 0 Å². The summed E-state index contributed by atoms with van der Waals surface area (Å²) in [6.07, 6.45) is 0. The van der Waals surface area contributed by atoms with E-state index in [1.165, 1.54) is 22.3 Å². The van der Waals surface area contributed by atoms with Gasteiger partial charge in [0.25, 0.3) is 0 Å². The zero-order chi connectivity index (χ0) is 85.2. The van der Waals surface area contributed by atoms with Gasteiger partial charge in [0.1, 0.15) is 0 Å². The van der Waals surface area contributed by atoms with Crippen LogP contribution in [0.15, 0.2) is 485 Å². The van der Waals surface area contributed by atoms with Gasteiger partial charge in [-0.15, -0.1) is 0 Å². The van der Waals surface area contributed by atoms with Crippen molar-refractivity contribution in [2.75, 3.05) is 0 Å². The van der Waals surface area contributed by atoms with Gasteiger partial charge >= 0.3 is 0 Å². The van der Waals surface area contributed by atoms with E-state index >= 15 is 0 Å². The quantitative estimate of drug-likeness (QED) is 0.0913. The van der Waals surface area contributed by atoms with Gasteiger partial charge in [0.15, 0.2) is 11.6 Å². The first kappa shape index (κ1) is 75.5. The van der Waals surface area contributed by atoms with Crippen LogP contribution in [-0.2, 0) is 0 Å². The summed E-state index contributed by atoms with van der Waals surface area (Å²) in [6, 6.07) is 177. The molecule has 0 bridgehead atoms. The van der Waals surface area contributed by atoms with Crippen LogP contribution in [0, 0.1) is 0 Å². The van der Waals surface area contributed by atoms with Gasteiger partial charge in [0.05, 0.1) is 44.5 Å². The molecule has 0 saturated carbocycles. The number of nitrogens with zero attached hydrogens (tertiary/aromatic N) is 6. The first-order valence-electron chi connectivity index (χ1n) is 44.1. The Kier molecular flexibility index (Phi) is 18.8. The minimum absolute atomic E-state index is 0.464. The summed E-state index contributed by atoms with van der Waals surface area (Å²) in [4.78, 5) is 18.0. The summed E-state index contributed by atoms with van der Waals surface area (Å²) in [6.45, 7) is 0. The maximum atomic E-state index is 6.00. The molecule has 6 nitrogen and oxygen atoms in total. The van der Waals surface area contributed by atoms with Gasteiger partial charge in [-0.25, -0.2) is 4.98 Å². The zero-order valence-corrected chi connectivity index (χ0v) is 70.4. The van der Waals surface area contributed by atoms with Gasteiger partial charge in [0.2, 0.25) is 5.95 Å². The lowest BCUT2D eigenvalue weighted by Crippen LogP contribution is -2.09. The Morgan fingerprint density at radius 3 is 0.488 bits per heavy atom. The predicted molar refractivity (Wildman–Crippen MR) is 539 cm³/mol. The van der Waals surface area contributed by atoms with Gasteiger partial charge in [-0.3, -0.25) is 4.57 Å². The van der Waals surface area contributed by atoms with E-state index in [4.69, 9.17) is 15.0 Å². The summed E-state index contributed by atoms with van der Waals surface area (Å²) >= 11 is 0. The maximum absolute atomic E-state index is 6.00. The highest BCUT2D eigenvalue weighted by Gasteiger charge is 2.28. The van der Waals surface area contributed by atoms with Crippen LogP contribution in [0.25, 0.3) is 239 Å². The molecule has 0 unspecified atom stereocenters. The Morgan fingerprint density at radius 2 is 0.287 bits per heavy atom. The molecule has 0 aliphatic carbocycles. The van der Waals surface area contributed by atoms with Gasteiger partial charge < -0.3 is 9.13 Å². The molecule has 0 saturated heterocycles. The Balaban J connectivity index is 0.767. The minimum Gasteiger partial charge on any atom is -0.309 e. The van der Waals surface area contributed by atoms with Crippen molar-refractivity contribution < 1.29 is 0 Å². The summed E-state index contributed by atoms with van der Waals surface area (Å²) in [5.41, 5.74) is 36.9. The van der Waals surface area contributed by atoms with Crippen molar-refractivity contribution in [1.29, 1.82) is 0 Å². The van der Waals surface area contributed by atoms with Gasteiger partial charge in [-0.1, -0.05) is 388 Å². The SMILES string of the molecule is c1ccc(-c2ccccc2-c2ccc3c(c2)c2cc(-c4ccccc4-c4ccccc4)ccc2n3-c2nc(-c3ccccc3-n3c4ccc(-c5ccccc5-c5ccccc5)cc4c4cc(-c5ccccc5-c5ccccc5)ccc43)nc(-c3ccccc3-n3c4ccc(-c5ccccc5-c5ccccc5)cc4c4cc(-c5ccccc5-c5ccccc5)ccc43)n2)cc1. The average Bonchev–Trinajstić information content (AvgIpc) is 1.58. The minimum atomic E-state index is 0.464. The molecule has 0 aliphatic heterocycles. The highest BCUT2D eigenvalue weighted by molar-refractivity contribution is 6.16. The van der Waals surface area contributed by atoms with Crippen LogP contribution in [0.1, 0.15) is 0 Å². The molecule has 0 fully saturated rings. The van der Waals surface area contributed by atoms with Crippen LogP contribution >= 0.6 is 0 Å². The van der Waals surface area contributed by atoms with E-state index in [0.717, 1.165) is 199 Å². The number of hydrogen-bond donors (Lipinski definition) is 0. The monoisotopic (exact) mass is 1640 g/mol. The second-order valence-electron chi connectivity index (χ2n) is 33.2. The van der Waals surface area contributed by atoms with Crippen molar-refractivity contribution in [2.24, 2.45) is 0 Å². The smallest absolute Gasteiger partial charge is 0.238 e. The summed E-state index contributed by atoms with van der Waals surface area (Å²) < 4.78 is 7.18. The number of benzene rings is 20. The van der Waals surface area contributed by atoms with E-state index < -0.39 is 0 Å². The van der Waals surface area contributed by atoms with E-state index in [2.05, 4.69) is 499 Å². The summed E-state index contributed by atoms with van der Waals surface area (Å²) in [5, 5.41) is 6.54. The molecule has 0 atom stereocenters. The molecular weight excluding hydrogens is 1560 g/mol. The molecule has 0 radical (unpaired) electrons. The topological polar surface area (TPSA) is 53.5 Å². The Hall–Kier alpha value is -17.2. The maximum Gasteiger partial charge on any atom is 0.238 e. The van der Waals surface area contributed by atoms with E-state index in [0.29, 0.717) is 17.6 Å². The van der Waals surface area contributed by atoms with E-state index in [1.807, 2.05) is 0 Å². The summed E-state index contributed by atoms with van der Waals surface area (Å²) in [7, 11) is 0. The second-order valence-corrected chi connectivity index (χ2v) is 33.2. The first-order chi connectivity index (χ1) is 64.0. The fraction of sp³-hybridized carbons (Fsp3) is 0.